The molecule has 1 aliphatic rings. The average Bonchev–Trinajstić information content (AvgIpc) is 3.53. The molecule has 34 heavy (non-hydrogen) atoms. The summed E-state index contributed by atoms with van der Waals surface area (Å²) in [4.78, 5) is 19.2. The van der Waals surface area contributed by atoms with Gasteiger partial charge in [0.15, 0.2) is 0 Å². The van der Waals surface area contributed by atoms with E-state index in [2.05, 4.69) is 20.1 Å². The second-order valence-electron chi connectivity index (χ2n) is 8.48. The van der Waals surface area contributed by atoms with Crippen molar-refractivity contribution >= 4 is 43.5 Å². The van der Waals surface area contributed by atoms with E-state index < -0.39 is 10.0 Å². The van der Waals surface area contributed by atoms with Gasteiger partial charge in [-0.3, -0.25) is 9.52 Å². The predicted octanol–water partition coefficient (Wildman–Crippen LogP) is 4.75. The molecule has 1 N–H and O–H groups in total. The molecule has 2 aromatic heterocycles. The lowest BCUT2D eigenvalue weighted by atomic mass is 9.89. The number of piperidine rings is 1. The van der Waals surface area contributed by atoms with Crippen LogP contribution in [-0.2, 0) is 14.8 Å². The molecule has 0 unspecified atom stereocenters. The van der Waals surface area contributed by atoms with Crippen LogP contribution in [0.1, 0.15) is 40.1 Å². The summed E-state index contributed by atoms with van der Waals surface area (Å²) in [7, 11) is -3.69. The van der Waals surface area contributed by atoms with Crippen LogP contribution in [0.25, 0.3) is 10.9 Å². The number of likely N-dealkylation sites (tertiary alicyclic amines) is 1. The molecule has 1 aliphatic heterocycles. The first-order chi connectivity index (χ1) is 16.4. The van der Waals surface area contributed by atoms with E-state index in [-0.39, 0.29) is 24.8 Å². The lowest BCUT2D eigenvalue weighted by Crippen LogP contribution is -2.41. The van der Waals surface area contributed by atoms with Crippen LogP contribution in [0.4, 0.5) is 5.13 Å². The van der Waals surface area contributed by atoms with E-state index in [4.69, 9.17) is 0 Å². The second kappa shape index (κ2) is 9.19. The van der Waals surface area contributed by atoms with Gasteiger partial charge in [0.25, 0.3) is 10.0 Å². The van der Waals surface area contributed by atoms with E-state index in [9.17, 15) is 13.2 Å². The number of nitrogens with zero attached hydrogens (tertiary/aromatic N) is 4. The van der Waals surface area contributed by atoms with Crippen molar-refractivity contribution in [1.82, 2.24) is 18.8 Å². The third kappa shape index (κ3) is 4.43. The van der Waals surface area contributed by atoms with Crippen molar-refractivity contribution in [2.24, 2.45) is 0 Å². The zero-order valence-electron chi connectivity index (χ0n) is 18.7. The van der Waals surface area contributed by atoms with Crippen molar-refractivity contribution < 1.29 is 16.1 Å². The van der Waals surface area contributed by atoms with Crippen LogP contribution in [0.3, 0.4) is 0 Å². The molecule has 180 valence electrons. The fraction of sp³-hybridized carbons (Fsp3) is 0.292. The van der Waals surface area contributed by atoms with E-state index in [1.807, 2.05) is 59.0 Å². The van der Waals surface area contributed by atoms with Crippen molar-refractivity contribution in [2.75, 3.05) is 17.8 Å². The van der Waals surface area contributed by atoms with Gasteiger partial charge in [0, 0.05) is 39.2 Å². The summed E-state index contributed by atoms with van der Waals surface area (Å²) >= 11 is 0.989. The molecule has 4 aromatic rings. The van der Waals surface area contributed by atoms with Crippen LogP contribution in [-0.4, -0.2) is 46.2 Å². The van der Waals surface area contributed by atoms with E-state index >= 15 is 0 Å². The zero-order chi connectivity index (χ0) is 23.7. The number of carbonyl (C=O) groups excluding carboxylic acids is 1. The van der Waals surface area contributed by atoms with E-state index in [0.717, 1.165) is 40.8 Å². The van der Waals surface area contributed by atoms with Gasteiger partial charge < -0.3 is 9.47 Å². The lowest BCUT2D eigenvalue weighted by molar-refractivity contribution is -0.135. The highest BCUT2D eigenvalue weighted by atomic mass is 32.2. The summed E-state index contributed by atoms with van der Waals surface area (Å²) in [5, 5.41) is 1.37. The zero-order valence-corrected chi connectivity index (χ0v) is 20.3. The maximum absolute atomic E-state index is 13.2. The number of anilines is 1. The number of aromatic nitrogens is 3. The van der Waals surface area contributed by atoms with Crippen molar-refractivity contribution in [1.29, 1.82) is 0 Å². The average molecular weight is 500 g/mol. The minimum absolute atomic E-state index is 0. The standard InChI is InChI=1S/C24H25N5O3S2.2H2/c1-17(29-15-12-20-4-2-3-5-22(20)29)23(30)28-13-10-19(11-14-28)18-6-8-21(9-7-18)34(31,32)27-24-25-16-26-33-24;;/h2-9,12,15-17,19H,10-11,13-14H2,1H3,(H,25,26,27);2*1H/t17-;;/m1../s1. The van der Waals surface area contributed by atoms with Gasteiger partial charge in [0.2, 0.25) is 11.0 Å². The molecule has 0 aliphatic carbocycles. The Hall–Kier alpha value is -3.24. The molecule has 3 heterocycles. The highest BCUT2D eigenvalue weighted by molar-refractivity contribution is 7.93. The Morgan fingerprint density at radius 2 is 1.85 bits per heavy atom. The molecule has 0 bridgehead atoms. The molecule has 10 heteroatoms. The van der Waals surface area contributed by atoms with Crippen molar-refractivity contribution in [3.05, 3.63) is 72.7 Å². The number of carbonyl (C=O) groups is 1. The Morgan fingerprint density at radius 3 is 2.56 bits per heavy atom. The molecule has 5 rings (SSSR count). The van der Waals surface area contributed by atoms with E-state index in [1.54, 1.807) is 12.1 Å². The van der Waals surface area contributed by atoms with Crippen molar-refractivity contribution in [2.45, 2.75) is 36.6 Å². The first-order valence-corrected chi connectivity index (χ1v) is 13.4. The number of para-hydroxylation sites is 1. The largest absolute Gasteiger partial charge is 0.341 e. The van der Waals surface area contributed by atoms with Crippen LogP contribution in [0.2, 0.25) is 0 Å². The topological polar surface area (TPSA) is 97.2 Å². The summed E-state index contributed by atoms with van der Waals surface area (Å²) in [6, 6.07) is 16.8. The second-order valence-corrected chi connectivity index (χ2v) is 10.9. The Kier molecular flexibility index (Phi) is 6.09. The first-order valence-electron chi connectivity index (χ1n) is 11.2. The number of sulfonamides is 1. The molecule has 8 nitrogen and oxygen atoms in total. The Bertz CT molecular complexity index is 1400. The molecule has 0 spiro atoms. The van der Waals surface area contributed by atoms with Crippen LogP contribution < -0.4 is 4.72 Å². The molecular formula is C24H29N5O3S2. The van der Waals surface area contributed by atoms with Gasteiger partial charge in [0.1, 0.15) is 12.4 Å². The van der Waals surface area contributed by atoms with Crippen LogP contribution >= 0.6 is 11.5 Å². The molecule has 1 amide bonds. The van der Waals surface area contributed by atoms with E-state index in [1.165, 1.54) is 6.33 Å². The van der Waals surface area contributed by atoms with Crippen LogP contribution in [0.15, 0.2) is 72.0 Å². The van der Waals surface area contributed by atoms with Crippen LogP contribution in [0.5, 0.6) is 0 Å². The number of benzene rings is 2. The predicted molar refractivity (Wildman–Crippen MR) is 137 cm³/mol. The number of hydrogen-bond acceptors (Lipinski definition) is 6. The fourth-order valence-corrected chi connectivity index (χ4v) is 6.23. The molecule has 0 saturated carbocycles. The summed E-state index contributed by atoms with van der Waals surface area (Å²) in [6.07, 6.45) is 4.99. The number of fused-ring (bicyclic) bond motifs is 1. The Labute approximate surface area is 205 Å². The Morgan fingerprint density at radius 1 is 1.12 bits per heavy atom. The van der Waals surface area contributed by atoms with Crippen LogP contribution in [0, 0.1) is 0 Å². The maximum Gasteiger partial charge on any atom is 0.263 e. The number of nitrogens with one attached hydrogen (secondary N) is 1. The number of rotatable bonds is 6. The minimum Gasteiger partial charge on any atom is -0.341 e. The van der Waals surface area contributed by atoms with Gasteiger partial charge in [-0.05, 0) is 60.9 Å². The number of amides is 1. The van der Waals surface area contributed by atoms with Gasteiger partial charge in [-0.25, -0.2) is 13.4 Å². The lowest BCUT2D eigenvalue weighted by Gasteiger charge is -2.34. The SMILES string of the molecule is C[C@H](C(=O)N1CCC(c2ccc(S(=O)(=O)Nc3ncns3)cc2)CC1)n1ccc2ccccc21.[HH].[HH]. The molecule has 1 fully saturated rings. The smallest absolute Gasteiger partial charge is 0.263 e. The van der Waals surface area contributed by atoms with Crippen molar-refractivity contribution in [3.8, 4) is 0 Å². The minimum atomic E-state index is -3.69. The van der Waals surface area contributed by atoms with Gasteiger partial charge in [-0.15, -0.1) is 0 Å². The summed E-state index contributed by atoms with van der Waals surface area (Å²) in [6.45, 7) is 3.33. The maximum atomic E-state index is 13.2. The fourth-order valence-electron chi connectivity index (χ4n) is 4.57. The van der Waals surface area contributed by atoms with Gasteiger partial charge in [-0.2, -0.15) is 4.37 Å². The van der Waals surface area contributed by atoms with Crippen molar-refractivity contribution in [3.63, 3.8) is 0 Å². The normalized spacial score (nSPS) is 16.0. The summed E-state index contributed by atoms with van der Waals surface area (Å²) < 4.78 is 33.3. The molecule has 0 radical (unpaired) electrons. The Balaban J connectivity index is 0.00000180. The number of hydrogen-bond donors (Lipinski definition) is 1. The first kappa shape index (κ1) is 22.5. The summed E-state index contributed by atoms with van der Waals surface area (Å²) in [5.74, 6) is 0.420. The third-order valence-corrected chi connectivity index (χ3v) is 8.52. The molecule has 1 atom stereocenters. The third-order valence-electron chi connectivity index (χ3n) is 6.46. The van der Waals surface area contributed by atoms with E-state index in [0.29, 0.717) is 19.0 Å². The van der Waals surface area contributed by atoms with Gasteiger partial charge in [0.05, 0.1) is 4.90 Å². The monoisotopic (exact) mass is 499 g/mol. The highest BCUT2D eigenvalue weighted by Gasteiger charge is 2.28. The summed E-state index contributed by atoms with van der Waals surface area (Å²) in [5.41, 5.74) is 2.15. The quantitative estimate of drug-likeness (QED) is 0.413. The van der Waals surface area contributed by atoms with Gasteiger partial charge >= 0.3 is 0 Å². The van der Waals surface area contributed by atoms with Gasteiger partial charge in [-0.1, -0.05) is 30.3 Å². The molecular weight excluding hydrogens is 470 g/mol. The molecule has 2 aromatic carbocycles. The highest BCUT2D eigenvalue weighted by Crippen LogP contribution is 2.30. The molecule has 1 saturated heterocycles.